The Kier molecular flexibility index (Phi) is 7.62. The number of thiophene rings is 2. The fraction of sp³-hybridized carbons (Fsp3) is 0. The molecule has 0 spiro atoms. The van der Waals surface area contributed by atoms with Crippen LogP contribution in [0, 0.1) is 0 Å². The predicted molar refractivity (Wildman–Crippen MR) is 252 cm³/mol. The Morgan fingerprint density at radius 1 is 0.345 bits per heavy atom. The molecule has 0 aliphatic heterocycles. The number of para-hydroxylation sites is 2. The third-order valence-corrected chi connectivity index (χ3v) is 14.0. The van der Waals surface area contributed by atoms with Crippen molar-refractivity contribution in [2.24, 2.45) is 0 Å². The lowest BCUT2D eigenvalue weighted by Gasteiger charge is -2.27. The highest BCUT2D eigenvalue weighted by molar-refractivity contribution is 7.26. The molecular weight excluding hydrogens is 741 g/mol. The topological polar surface area (TPSA) is 8.17 Å². The Balaban J connectivity index is 1.07. The molecule has 9 aromatic carbocycles. The van der Waals surface area contributed by atoms with Crippen LogP contribution in [0.3, 0.4) is 0 Å². The summed E-state index contributed by atoms with van der Waals surface area (Å²) in [6, 6.07) is 75.6. The van der Waals surface area contributed by atoms with Gasteiger partial charge in [-0.05, 0) is 83.4 Å². The third kappa shape index (κ3) is 5.23. The van der Waals surface area contributed by atoms with Gasteiger partial charge >= 0.3 is 0 Å². The molecule has 3 aromatic heterocycles. The van der Waals surface area contributed by atoms with Crippen LogP contribution in [-0.2, 0) is 0 Å². The van der Waals surface area contributed by atoms with Crippen molar-refractivity contribution in [2.45, 2.75) is 0 Å². The number of benzene rings is 9. The first kappa shape index (κ1) is 33.2. The molecule has 0 aliphatic carbocycles. The van der Waals surface area contributed by atoms with E-state index in [2.05, 4.69) is 216 Å². The maximum atomic E-state index is 2.45. The van der Waals surface area contributed by atoms with E-state index >= 15 is 0 Å². The predicted octanol–water partition coefficient (Wildman–Crippen LogP) is 16.3. The molecule has 12 rings (SSSR count). The van der Waals surface area contributed by atoms with Gasteiger partial charge in [-0.2, -0.15) is 0 Å². The monoisotopic (exact) mass is 774 g/mol. The minimum Gasteiger partial charge on any atom is -0.309 e. The van der Waals surface area contributed by atoms with E-state index in [1.54, 1.807) is 0 Å². The Labute approximate surface area is 343 Å². The second kappa shape index (κ2) is 13.3. The normalized spacial score (nSPS) is 11.8. The Morgan fingerprint density at radius 3 is 1.64 bits per heavy atom. The second-order valence-corrected chi connectivity index (χ2v) is 17.0. The summed E-state index contributed by atoms with van der Waals surface area (Å²) < 4.78 is 7.63. The number of fused-ring (bicyclic) bond motifs is 9. The molecular formula is C54H34N2S2. The number of anilines is 3. The molecule has 4 heteroatoms. The van der Waals surface area contributed by atoms with Crippen LogP contribution < -0.4 is 4.90 Å². The molecule has 272 valence electrons. The van der Waals surface area contributed by atoms with Crippen LogP contribution in [0.2, 0.25) is 0 Å². The van der Waals surface area contributed by atoms with Crippen molar-refractivity contribution in [1.82, 2.24) is 4.57 Å². The largest absolute Gasteiger partial charge is 0.309 e. The van der Waals surface area contributed by atoms with Gasteiger partial charge in [0.25, 0.3) is 0 Å². The van der Waals surface area contributed by atoms with Crippen molar-refractivity contribution in [1.29, 1.82) is 0 Å². The first-order valence-corrected chi connectivity index (χ1v) is 21.3. The van der Waals surface area contributed by atoms with Crippen LogP contribution in [0.4, 0.5) is 17.1 Å². The summed E-state index contributed by atoms with van der Waals surface area (Å²) >= 11 is 3.75. The summed E-state index contributed by atoms with van der Waals surface area (Å²) in [5.74, 6) is 0. The summed E-state index contributed by atoms with van der Waals surface area (Å²) in [5.41, 5.74) is 11.9. The summed E-state index contributed by atoms with van der Waals surface area (Å²) in [7, 11) is 0. The fourth-order valence-corrected chi connectivity index (χ4v) is 11.4. The summed E-state index contributed by atoms with van der Waals surface area (Å²) in [5, 5.41) is 7.70. The van der Waals surface area contributed by atoms with E-state index in [0.717, 1.165) is 11.4 Å². The SMILES string of the molecule is c1ccc(-c2cccc(N(c3ccc(-c4cc(-n5c6ccccc6c6ccccc65)cc5c4sc4ccccc45)cc3)c3cccc4c3sc3ccccc34)c2)cc1. The molecule has 0 atom stereocenters. The molecule has 3 heterocycles. The van der Waals surface area contributed by atoms with Crippen molar-refractivity contribution in [2.75, 3.05) is 4.90 Å². The van der Waals surface area contributed by atoms with E-state index in [-0.39, 0.29) is 0 Å². The molecule has 0 saturated heterocycles. The summed E-state index contributed by atoms with van der Waals surface area (Å²) in [6.07, 6.45) is 0. The van der Waals surface area contributed by atoms with Crippen LogP contribution >= 0.6 is 22.7 Å². The van der Waals surface area contributed by atoms with Crippen molar-refractivity contribution < 1.29 is 0 Å². The van der Waals surface area contributed by atoms with Crippen LogP contribution in [0.15, 0.2) is 206 Å². The van der Waals surface area contributed by atoms with E-state index in [9.17, 15) is 0 Å². The standard InChI is InChI=1S/C54H34N2S2/c1-2-14-35(15-3-1)37-16-12-17-39(32-37)55(50-25-13-22-45-43-20-6-10-26-51(43)58-54(45)50)38-30-28-36(29-31-38)46-33-40(34-47-44-21-7-11-27-52(44)57-53(46)47)56-48-23-8-4-18-41(48)42-19-5-9-24-49(42)56/h1-34H. The Bertz CT molecular complexity index is 3460. The highest BCUT2D eigenvalue weighted by Crippen LogP contribution is 2.47. The number of aromatic nitrogens is 1. The van der Waals surface area contributed by atoms with Crippen molar-refractivity contribution in [3.63, 3.8) is 0 Å². The fourth-order valence-electron chi connectivity index (χ4n) is 8.94. The van der Waals surface area contributed by atoms with Gasteiger partial charge in [0.1, 0.15) is 0 Å². The number of nitrogens with zero attached hydrogens (tertiary/aromatic N) is 2. The van der Waals surface area contributed by atoms with Gasteiger partial charge in [-0.3, -0.25) is 0 Å². The zero-order chi connectivity index (χ0) is 38.2. The van der Waals surface area contributed by atoms with Gasteiger partial charge in [-0.15, -0.1) is 22.7 Å². The lowest BCUT2D eigenvalue weighted by Crippen LogP contribution is -2.10. The molecule has 2 nitrogen and oxygen atoms in total. The average molecular weight is 775 g/mol. The van der Waals surface area contributed by atoms with Gasteiger partial charge < -0.3 is 9.47 Å². The quantitative estimate of drug-likeness (QED) is 0.163. The number of hydrogen-bond donors (Lipinski definition) is 0. The first-order valence-electron chi connectivity index (χ1n) is 19.7. The molecule has 0 radical (unpaired) electrons. The number of hydrogen-bond acceptors (Lipinski definition) is 3. The molecule has 58 heavy (non-hydrogen) atoms. The van der Waals surface area contributed by atoms with E-state index in [1.165, 1.54) is 95.8 Å². The van der Waals surface area contributed by atoms with Crippen molar-refractivity contribution in [3.8, 4) is 27.9 Å². The maximum Gasteiger partial charge on any atom is 0.0640 e. The van der Waals surface area contributed by atoms with Gasteiger partial charge in [-0.1, -0.05) is 140 Å². The van der Waals surface area contributed by atoms with Crippen molar-refractivity contribution in [3.05, 3.63) is 206 Å². The van der Waals surface area contributed by atoms with Gasteiger partial charge in [-0.25, -0.2) is 0 Å². The smallest absolute Gasteiger partial charge is 0.0640 e. The van der Waals surface area contributed by atoms with Gasteiger partial charge in [0.15, 0.2) is 0 Å². The first-order chi connectivity index (χ1) is 28.8. The maximum absolute atomic E-state index is 2.45. The lowest BCUT2D eigenvalue weighted by atomic mass is 10.0. The molecule has 0 amide bonds. The minimum absolute atomic E-state index is 1.12. The zero-order valence-electron chi connectivity index (χ0n) is 31.3. The third-order valence-electron chi connectivity index (χ3n) is 11.6. The molecule has 12 aromatic rings. The van der Waals surface area contributed by atoms with E-state index in [1.807, 2.05) is 22.7 Å². The van der Waals surface area contributed by atoms with Crippen molar-refractivity contribution >= 4 is 102 Å². The van der Waals surface area contributed by atoms with E-state index in [0.29, 0.717) is 0 Å². The Hall–Kier alpha value is -6.98. The molecule has 0 N–H and O–H groups in total. The van der Waals surface area contributed by atoms with E-state index < -0.39 is 0 Å². The zero-order valence-corrected chi connectivity index (χ0v) is 33.0. The summed E-state index contributed by atoms with van der Waals surface area (Å²) in [4.78, 5) is 2.44. The van der Waals surface area contributed by atoms with Crippen LogP contribution in [0.25, 0.3) is 90.1 Å². The summed E-state index contributed by atoms with van der Waals surface area (Å²) in [6.45, 7) is 0. The molecule has 0 saturated carbocycles. The highest BCUT2D eigenvalue weighted by Gasteiger charge is 2.21. The molecule has 0 aliphatic rings. The minimum atomic E-state index is 1.12. The van der Waals surface area contributed by atoms with Gasteiger partial charge in [0.05, 0.1) is 21.4 Å². The molecule has 0 fully saturated rings. The Morgan fingerprint density at radius 2 is 0.914 bits per heavy atom. The van der Waals surface area contributed by atoms with Gasteiger partial charge in [0, 0.05) is 69.0 Å². The molecule has 0 unspecified atom stereocenters. The van der Waals surface area contributed by atoms with Crippen LogP contribution in [0.5, 0.6) is 0 Å². The molecule has 0 bridgehead atoms. The van der Waals surface area contributed by atoms with E-state index in [4.69, 9.17) is 0 Å². The van der Waals surface area contributed by atoms with Crippen LogP contribution in [-0.4, -0.2) is 4.57 Å². The number of rotatable bonds is 6. The van der Waals surface area contributed by atoms with Gasteiger partial charge in [0.2, 0.25) is 0 Å². The second-order valence-electron chi connectivity index (χ2n) is 14.9. The van der Waals surface area contributed by atoms with Crippen LogP contribution in [0.1, 0.15) is 0 Å². The highest BCUT2D eigenvalue weighted by atomic mass is 32.1. The average Bonchev–Trinajstić information content (AvgIpc) is 3.97. The lowest BCUT2D eigenvalue weighted by molar-refractivity contribution is 1.19.